The number of unbranched alkanes of at least 4 members (excludes halogenated alkanes) is 1. The third-order valence-corrected chi connectivity index (χ3v) is 8.27. The fourth-order valence-corrected chi connectivity index (χ4v) is 5.02. The maximum absolute atomic E-state index is 14.2. The number of aryl methyl sites for hydroxylation is 1. The van der Waals surface area contributed by atoms with Crippen molar-refractivity contribution >= 4 is 20.0 Å². The van der Waals surface area contributed by atoms with Crippen molar-refractivity contribution < 1.29 is 23.5 Å². The number of hydrogen-bond acceptors (Lipinski definition) is 4. The molecule has 0 aliphatic rings. The molecule has 0 heterocycles. The highest BCUT2D eigenvalue weighted by Gasteiger charge is 2.31. The van der Waals surface area contributed by atoms with Crippen LogP contribution in [0.5, 0.6) is 0 Å². The Hall–Kier alpha value is -2.47. The standard InChI is InChI=1S/C32H47FO4Si/c1-8-9-12-26(31(35)37-32(2,3)4)23-27(30(34)36-21-22-38(5,6)7)20-17-24-15-18-25(19-16-24)28-13-10-11-14-29(28)33/h10-11,13-16,18-19,26-27H,8-9,12,17,20-23H2,1-7H3/t26-,27-/m0/s1. The predicted molar refractivity (Wildman–Crippen MR) is 156 cm³/mol. The quantitative estimate of drug-likeness (QED) is 0.177. The van der Waals surface area contributed by atoms with Gasteiger partial charge in [-0.3, -0.25) is 9.59 Å². The van der Waals surface area contributed by atoms with E-state index in [4.69, 9.17) is 9.47 Å². The molecule has 2 atom stereocenters. The van der Waals surface area contributed by atoms with Crippen LogP contribution in [0.25, 0.3) is 11.1 Å². The average molecular weight is 543 g/mol. The molecule has 0 fully saturated rings. The Morgan fingerprint density at radius 3 is 2.13 bits per heavy atom. The van der Waals surface area contributed by atoms with Gasteiger partial charge in [-0.2, -0.15) is 0 Å². The van der Waals surface area contributed by atoms with Crippen LogP contribution in [-0.2, 0) is 25.5 Å². The predicted octanol–water partition coefficient (Wildman–Crippen LogP) is 8.46. The van der Waals surface area contributed by atoms with Crippen molar-refractivity contribution in [3.63, 3.8) is 0 Å². The van der Waals surface area contributed by atoms with E-state index >= 15 is 0 Å². The van der Waals surface area contributed by atoms with E-state index in [0.29, 0.717) is 37.9 Å². The molecule has 2 rings (SSSR count). The van der Waals surface area contributed by atoms with Crippen LogP contribution in [0.3, 0.4) is 0 Å². The zero-order valence-corrected chi connectivity index (χ0v) is 25.4. The maximum atomic E-state index is 14.2. The zero-order chi connectivity index (χ0) is 28.3. The number of carbonyl (C=O) groups excluding carboxylic acids is 2. The molecule has 0 bridgehead atoms. The van der Waals surface area contributed by atoms with Gasteiger partial charge in [-0.25, -0.2) is 4.39 Å². The Labute approximate surface area is 230 Å². The number of rotatable bonds is 14. The summed E-state index contributed by atoms with van der Waals surface area (Å²) in [4.78, 5) is 26.3. The summed E-state index contributed by atoms with van der Waals surface area (Å²) in [7, 11) is -1.34. The normalized spacial score (nSPS) is 13.6. The Morgan fingerprint density at radius 2 is 1.55 bits per heavy atom. The van der Waals surface area contributed by atoms with Crippen LogP contribution in [0.15, 0.2) is 48.5 Å². The summed E-state index contributed by atoms with van der Waals surface area (Å²) in [5.74, 6) is -1.44. The van der Waals surface area contributed by atoms with Crippen LogP contribution in [0.2, 0.25) is 25.7 Å². The van der Waals surface area contributed by atoms with Crippen molar-refractivity contribution in [1.29, 1.82) is 0 Å². The van der Waals surface area contributed by atoms with E-state index in [0.717, 1.165) is 30.0 Å². The van der Waals surface area contributed by atoms with Crippen LogP contribution in [0, 0.1) is 17.7 Å². The van der Waals surface area contributed by atoms with Crippen LogP contribution >= 0.6 is 0 Å². The van der Waals surface area contributed by atoms with Gasteiger partial charge in [0, 0.05) is 13.6 Å². The Morgan fingerprint density at radius 1 is 0.921 bits per heavy atom. The number of ether oxygens (including phenoxy) is 2. The molecule has 0 aliphatic carbocycles. The van der Waals surface area contributed by atoms with Gasteiger partial charge >= 0.3 is 11.9 Å². The van der Waals surface area contributed by atoms with Crippen molar-refractivity contribution in [3.05, 3.63) is 59.9 Å². The van der Waals surface area contributed by atoms with Crippen molar-refractivity contribution in [3.8, 4) is 11.1 Å². The van der Waals surface area contributed by atoms with Crippen LogP contribution in [-0.4, -0.2) is 32.2 Å². The molecular weight excluding hydrogens is 495 g/mol. The van der Waals surface area contributed by atoms with Gasteiger partial charge < -0.3 is 9.47 Å². The summed E-state index contributed by atoms with van der Waals surface area (Å²) in [6.45, 7) is 14.9. The Kier molecular flexibility index (Phi) is 12.2. The van der Waals surface area contributed by atoms with Crippen LogP contribution in [0.1, 0.15) is 65.4 Å². The second kappa shape index (κ2) is 14.6. The lowest BCUT2D eigenvalue weighted by atomic mass is 9.86. The average Bonchev–Trinajstić information content (AvgIpc) is 2.82. The van der Waals surface area contributed by atoms with E-state index < -0.39 is 19.6 Å². The first-order valence-corrected chi connectivity index (χ1v) is 17.7. The minimum Gasteiger partial charge on any atom is -0.466 e. The first-order chi connectivity index (χ1) is 17.8. The molecule has 2 aromatic carbocycles. The first-order valence-electron chi connectivity index (χ1n) is 14.0. The van der Waals surface area contributed by atoms with E-state index in [2.05, 4.69) is 26.6 Å². The largest absolute Gasteiger partial charge is 0.466 e. The van der Waals surface area contributed by atoms with Gasteiger partial charge in [0.2, 0.25) is 0 Å². The molecule has 210 valence electrons. The van der Waals surface area contributed by atoms with Gasteiger partial charge in [0.1, 0.15) is 11.4 Å². The molecule has 0 saturated heterocycles. The first kappa shape index (κ1) is 31.7. The highest BCUT2D eigenvalue weighted by Crippen LogP contribution is 2.28. The molecule has 0 amide bonds. The van der Waals surface area contributed by atoms with Gasteiger partial charge in [0.05, 0.1) is 18.4 Å². The summed E-state index contributed by atoms with van der Waals surface area (Å²) in [6, 6.07) is 15.4. The summed E-state index contributed by atoms with van der Waals surface area (Å²) >= 11 is 0. The molecule has 0 unspecified atom stereocenters. The van der Waals surface area contributed by atoms with E-state index in [-0.39, 0.29) is 23.7 Å². The molecule has 0 aromatic heterocycles. The molecule has 0 spiro atoms. The lowest BCUT2D eigenvalue weighted by Gasteiger charge is -2.26. The lowest BCUT2D eigenvalue weighted by Crippen LogP contribution is -2.32. The number of carbonyl (C=O) groups is 2. The van der Waals surface area contributed by atoms with Crippen LogP contribution < -0.4 is 0 Å². The van der Waals surface area contributed by atoms with Gasteiger partial charge in [0.15, 0.2) is 0 Å². The molecule has 0 saturated carbocycles. The second-order valence-electron chi connectivity index (χ2n) is 12.5. The third-order valence-electron chi connectivity index (χ3n) is 6.57. The van der Waals surface area contributed by atoms with E-state index in [9.17, 15) is 14.0 Å². The Balaban J connectivity index is 2.16. The molecule has 38 heavy (non-hydrogen) atoms. The molecule has 2 aromatic rings. The lowest BCUT2D eigenvalue weighted by molar-refractivity contribution is -0.162. The number of hydrogen-bond donors (Lipinski definition) is 0. The smallest absolute Gasteiger partial charge is 0.309 e. The number of halogens is 1. The van der Waals surface area contributed by atoms with Crippen LogP contribution in [0.4, 0.5) is 4.39 Å². The fraction of sp³-hybridized carbons (Fsp3) is 0.562. The molecular formula is C32H47FO4Si. The molecule has 6 heteroatoms. The maximum Gasteiger partial charge on any atom is 0.309 e. The van der Waals surface area contributed by atoms with Gasteiger partial charge in [-0.1, -0.05) is 81.9 Å². The molecule has 0 radical (unpaired) electrons. The second-order valence-corrected chi connectivity index (χ2v) is 18.1. The van der Waals surface area contributed by atoms with Crippen molar-refractivity contribution in [1.82, 2.24) is 0 Å². The summed E-state index contributed by atoms with van der Waals surface area (Å²) in [6.07, 6.45) is 4.24. The Bertz CT molecular complexity index is 1020. The summed E-state index contributed by atoms with van der Waals surface area (Å²) in [5.41, 5.74) is 1.87. The monoisotopic (exact) mass is 542 g/mol. The SMILES string of the molecule is CCCC[C@@H](C[C@H](CCc1ccc(-c2ccccc2F)cc1)C(=O)OCC[Si](C)(C)C)C(=O)OC(C)(C)C. The van der Waals surface area contributed by atoms with Crippen molar-refractivity contribution in [2.24, 2.45) is 11.8 Å². The third kappa shape index (κ3) is 11.5. The number of benzene rings is 2. The molecule has 0 aliphatic heterocycles. The minimum atomic E-state index is -1.34. The molecule has 0 N–H and O–H groups in total. The topological polar surface area (TPSA) is 52.6 Å². The molecule has 4 nitrogen and oxygen atoms in total. The highest BCUT2D eigenvalue weighted by atomic mass is 28.3. The fourth-order valence-electron chi connectivity index (χ4n) is 4.31. The summed E-state index contributed by atoms with van der Waals surface area (Å²) < 4.78 is 25.6. The van der Waals surface area contributed by atoms with Crippen molar-refractivity contribution in [2.45, 2.75) is 97.5 Å². The highest BCUT2D eigenvalue weighted by molar-refractivity contribution is 6.76. The van der Waals surface area contributed by atoms with Gasteiger partial charge in [0.25, 0.3) is 0 Å². The zero-order valence-electron chi connectivity index (χ0n) is 24.4. The van der Waals surface area contributed by atoms with E-state index in [1.165, 1.54) is 6.07 Å². The van der Waals surface area contributed by atoms with Gasteiger partial charge in [-0.15, -0.1) is 0 Å². The summed E-state index contributed by atoms with van der Waals surface area (Å²) in [5, 5.41) is 0. The number of esters is 2. The van der Waals surface area contributed by atoms with E-state index in [1.807, 2.05) is 51.1 Å². The minimum absolute atomic E-state index is 0.226. The van der Waals surface area contributed by atoms with Gasteiger partial charge in [-0.05, 0) is 69.7 Å². The van der Waals surface area contributed by atoms with Crippen molar-refractivity contribution in [2.75, 3.05) is 6.61 Å². The van der Waals surface area contributed by atoms with E-state index in [1.54, 1.807) is 12.1 Å².